The Morgan fingerprint density at radius 3 is 2.35 bits per heavy atom. The van der Waals surface area contributed by atoms with Gasteiger partial charge in [0.05, 0.1) is 16.8 Å². The maximum atomic E-state index is 12.7. The molecule has 0 aliphatic carbocycles. The SMILES string of the molecule is CC(C)Oc1cc(Oc2ccc(P(=O)(O)OCOC(=O)C(C)(C)C)cc2)cc(C(=O)Nc2nccs2)c1. The number of aromatic nitrogens is 1. The van der Waals surface area contributed by atoms with Crippen molar-refractivity contribution in [3.05, 3.63) is 59.6 Å². The highest BCUT2D eigenvalue weighted by Crippen LogP contribution is 2.41. The van der Waals surface area contributed by atoms with E-state index in [1.54, 1.807) is 50.5 Å². The number of benzene rings is 2. The summed E-state index contributed by atoms with van der Waals surface area (Å²) in [6, 6.07) is 10.5. The van der Waals surface area contributed by atoms with Crippen LogP contribution in [0.3, 0.4) is 0 Å². The number of anilines is 1. The third kappa shape index (κ3) is 8.40. The van der Waals surface area contributed by atoms with Crippen molar-refractivity contribution in [2.75, 3.05) is 12.1 Å². The quantitative estimate of drug-likeness (QED) is 0.195. The zero-order valence-corrected chi connectivity index (χ0v) is 22.8. The zero-order chi connectivity index (χ0) is 27.2. The van der Waals surface area contributed by atoms with Crippen molar-refractivity contribution < 1.29 is 37.8 Å². The van der Waals surface area contributed by atoms with Crippen molar-refractivity contribution in [3.63, 3.8) is 0 Å². The molecule has 3 rings (SSSR count). The highest BCUT2D eigenvalue weighted by atomic mass is 32.1. The highest BCUT2D eigenvalue weighted by Gasteiger charge is 2.27. The fraction of sp³-hybridized carbons (Fsp3) is 0.320. The molecular formula is C25H29N2O8PS. The number of carbonyl (C=O) groups is 2. The van der Waals surface area contributed by atoms with Crippen LogP contribution in [0.25, 0.3) is 0 Å². The van der Waals surface area contributed by atoms with Crippen molar-refractivity contribution in [3.8, 4) is 17.2 Å². The number of amides is 1. The van der Waals surface area contributed by atoms with Gasteiger partial charge in [-0.3, -0.25) is 24.0 Å². The van der Waals surface area contributed by atoms with E-state index < -0.39 is 25.8 Å². The fourth-order valence-corrected chi connectivity index (χ4v) is 4.23. The number of rotatable bonds is 10. The summed E-state index contributed by atoms with van der Waals surface area (Å²) in [6.45, 7) is 8.05. The predicted molar refractivity (Wildman–Crippen MR) is 140 cm³/mol. The van der Waals surface area contributed by atoms with E-state index in [1.165, 1.54) is 35.6 Å². The van der Waals surface area contributed by atoms with Gasteiger partial charge >= 0.3 is 13.6 Å². The van der Waals surface area contributed by atoms with Crippen LogP contribution in [0.4, 0.5) is 5.13 Å². The molecular weight excluding hydrogens is 519 g/mol. The lowest BCUT2D eigenvalue weighted by Gasteiger charge is -2.18. The standard InChI is InChI=1S/C25H29N2O8PS/c1-16(2)34-19-12-17(22(28)27-24-26-10-11-37-24)13-20(14-19)35-18-6-8-21(9-7-18)36(30,31)33-15-32-23(29)25(3,4)5/h6-14,16H,15H2,1-5H3,(H,30,31)(H,26,27,28). The second-order valence-electron chi connectivity index (χ2n) is 9.20. The minimum absolute atomic E-state index is 0.00735. The molecule has 2 N–H and O–H groups in total. The average Bonchev–Trinajstić information content (AvgIpc) is 3.31. The second-order valence-corrected chi connectivity index (χ2v) is 11.9. The van der Waals surface area contributed by atoms with Crippen molar-refractivity contribution >= 4 is 41.2 Å². The van der Waals surface area contributed by atoms with Crippen LogP contribution < -0.4 is 20.1 Å². The average molecular weight is 549 g/mol. The molecule has 0 spiro atoms. The van der Waals surface area contributed by atoms with E-state index in [9.17, 15) is 19.0 Å². The van der Waals surface area contributed by atoms with Gasteiger partial charge in [0.15, 0.2) is 5.13 Å². The molecule has 1 amide bonds. The van der Waals surface area contributed by atoms with Gasteiger partial charge in [0.1, 0.15) is 17.2 Å². The lowest BCUT2D eigenvalue weighted by Crippen LogP contribution is -2.24. The van der Waals surface area contributed by atoms with Gasteiger partial charge in [-0.2, -0.15) is 0 Å². The molecule has 0 saturated carbocycles. The minimum atomic E-state index is -4.24. The van der Waals surface area contributed by atoms with Gasteiger partial charge in [0.2, 0.25) is 6.79 Å². The number of hydrogen-bond donors (Lipinski definition) is 2. The molecule has 198 valence electrons. The maximum Gasteiger partial charge on any atom is 0.361 e. The summed E-state index contributed by atoms with van der Waals surface area (Å²) < 4.78 is 34.0. The van der Waals surface area contributed by atoms with Crippen molar-refractivity contribution in [1.82, 2.24) is 4.98 Å². The molecule has 1 aromatic heterocycles. The Balaban J connectivity index is 1.72. The van der Waals surface area contributed by atoms with E-state index >= 15 is 0 Å². The molecule has 3 aromatic rings. The van der Waals surface area contributed by atoms with Crippen molar-refractivity contribution in [2.24, 2.45) is 5.41 Å². The van der Waals surface area contributed by atoms with Crippen LogP contribution in [0, 0.1) is 5.41 Å². The number of esters is 1. The molecule has 0 aliphatic rings. The summed E-state index contributed by atoms with van der Waals surface area (Å²) in [7, 11) is -4.24. The van der Waals surface area contributed by atoms with Crippen LogP contribution in [-0.2, 0) is 18.6 Å². The monoisotopic (exact) mass is 548 g/mol. The van der Waals surface area contributed by atoms with Gasteiger partial charge in [-0.1, -0.05) is 0 Å². The molecule has 0 fully saturated rings. The Morgan fingerprint density at radius 1 is 1.08 bits per heavy atom. The molecule has 10 nitrogen and oxygen atoms in total. The van der Waals surface area contributed by atoms with Gasteiger partial charge in [0, 0.05) is 23.2 Å². The Morgan fingerprint density at radius 2 is 1.76 bits per heavy atom. The molecule has 0 bridgehead atoms. The van der Waals surface area contributed by atoms with Gasteiger partial charge in [-0.15, -0.1) is 11.3 Å². The molecule has 12 heteroatoms. The van der Waals surface area contributed by atoms with Crippen LogP contribution in [-0.4, -0.2) is 34.7 Å². The second kappa shape index (κ2) is 11.9. The van der Waals surface area contributed by atoms with Crippen LogP contribution in [0.1, 0.15) is 45.0 Å². The molecule has 37 heavy (non-hydrogen) atoms. The highest BCUT2D eigenvalue weighted by molar-refractivity contribution is 7.61. The van der Waals surface area contributed by atoms with Crippen LogP contribution >= 0.6 is 18.9 Å². The number of nitrogens with zero attached hydrogens (tertiary/aromatic N) is 1. The number of nitrogens with one attached hydrogen (secondary N) is 1. The van der Waals surface area contributed by atoms with Crippen molar-refractivity contribution in [1.29, 1.82) is 0 Å². The predicted octanol–water partition coefficient (Wildman–Crippen LogP) is 5.35. The molecule has 0 saturated heterocycles. The maximum absolute atomic E-state index is 12.7. The first-order chi connectivity index (χ1) is 17.3. The third-order valence-electron chi connectivity index (χ3n) is 4.60. The lowest BCUT2D eigenvalue weighted by molar-refractivity contribution is -0.159. The summed E-state index contributed by atoms with van der Waals surface area (Å²) in [5.74, 6) is 0.171. The van der Waals surface area contributed by atoms with Gasteiger partial charge in [-0.05, 0) is 71.0 Å². The Labute approximate surface area is 219 Å². The smallest absolute Gasteiger partial charge is 0.361 e. The number of thiazole rings is 1. The number of ether oxygens (including phenoxy) is 3. The van der Waals surface area contributed by atoms with Gasteiger partial charge in [-0.25, -0.2) is 4.98 Å². The van der Waals surface area contributed by atoms with E-state index in [2.05, 4.69) is 10.3 Å². The normalized spacial score (nSPS) is 13.1. The van der Waals surface area contributed by atoms with Crippen LogP contribution in [0.2, 0.25) is 0 Å². The molecule has 0 aliphatic heterocycles. The Hall–Kier alpha value is -3.24. The number of hydrogen-bond acceptors (Lipinski definition) is 9. The molecule has 0 radical (unpaired) electrons. The first-order valence-electron chi connectivity index (χ1n) is 11.3. The lowest BCUT2D eigenvalue weighted by atomic mass is 9.98. The van der Waals surface area contributed by atoms with E-state index in [0.29, 0.717) is 27.9 Å². The van der Waals surface area contributed by atoms with E-state index in [1.807, 2.05) is 13.8 Å². The largest absolute Gasteiger partial charge is 0.491 e. The van der Waals surface area contributed by atoms with Crippen molar-refractivity contribution in [2.45, 2.75) is 40.7 Å². The first-order valence-corrected chi connectivity index (χ1v) is 13.7. The van der Waals surface area contributed by atoms with E-state index in [0.717, 1.165) is 0 Å². The van der Waals surface area contributed by atoms with Gasteiger partial charge < -0.3 is 19.1 Å². The molecule has 1 unspecified atom stereocenters. The molecule has 1 atom stereocenters. The van der Waals surface area contributed by atoms with E-state index in [-0.39, 0.29) is 17.3 Å². The summed E-state index contributed by atoms with van der Waals surface area (Å²) in [6.07, 6.45) is 1.46. The summed E-state index contributed by atoms with van der Waals surface area (Å²) in [5.41, 5.74) is -0.459. The van der Waals surface area contributed by atoms with Crippen LogP contribution in [0.5, 0.6) is 17.2 Å². The summed E-state index contributed by atoms with van der Waals surface area (Å²) >= 11 is 1.29. The fourth-order valence-electron chi connectivity index (χ4n) is 2.84. The third-order valence-corrected chi connectivity index (χ3v) is 6.69. The van der Waals surface area contributed by atoms with Crippen LogP contribution in [0.15, 0.2) is 54.0 Å². The zero-order valence-electron chi connectivity index (χ0n) is 21.1. The molecule has 1 heterocycles. The van der Waals surface area contributed by atoms with E-state index in [4.69, 9.17) is 18.7 Å². The molecule has 2 aromatic carbocycles. The number of carbonyl (C=O) groups excluding carboxylic acids is 2. The summed E-state index contributed by atoms with van der Waals surface area (Å²) in [5, 5.41) is 4.92. The Kier molecular flexibility index (Phi) is 9.09. The topological polar surface area (TPSA) is 133 Å². The Bertz CT molecular complexity index is 1270. The first kappa shape index (κ1) is 28.3. The summed E-state index contributed by atoms with van der Waals surface area (Å²) in [4.78, 5) is 38.8. The van der Waals surface area contributed by atoms with Gasteiger partial charge in [0.25, 0.3) is 5.91 Å². The minimum Gasteiger partial charge on any atom is -0.491 e.